The molecule has 0 N–H and O–H groups in total. The van der Waals surface area contributed by atoms with Gasteiger partial charge in [0.2, 0.25) is 11.8 Å². The monoisotopic (exact) mass is 398 g/mol. The van der Waals surface area contributed by atoms with E-state index < -0.39 is 0 Å². The molecule has 0 aliphatic carbocycles. The van der Waals surface area contributed by atoms with Crippen molar-refractivity contribution in [3.05, 3.63) is 70.2 Å². The molecule has 1 amide bonds. The van der Waals surface area contributed by atoms with Gasteiger partial charge in [-0.25, -0.2) is 4.98 Å². The lowest BCUT2D eigenvalue weighted by Gasteiger charge is -2.22. The van der Waals surface area contributed by atoms with Gasteiger partial charge in [0, 0.05) is 23.7 Å². The Bertz CT molecular complexity index is 977. The van der Waals surface area contributed by atoms with Crippen molar-refractivity contribution in [2.45, 2.75) is 45.7 Å². The van der Waals surface area contributed by atoms with Crippen LogP contribution >= 0.6 is 11.6 Å². The van der Waals surface area contributed by atoms with Gasteiger partial charge >= 0.3 is 0 Å². The van der Waals surface area contributed by atoms with Crippen molar-refractivity contribution >= 4 is 17.5 Å². The predicted molar refractivity (Wildman–Crippen MR) is 106 cm³/mol. The van der Waals surface area contributed by atoms with Crippen molar-refractivity contribution in [1.29, 1.82) is 0 Å². The fraction of sp³-hybridized carbons (Fsp3) is 0.381. The van der Waals surface area contributed by atoms with E-state index in [-0.39, 0.29) is 18.5 Å². The Kier molecular flexibility index (Phi) is 5.22. The minimum atomic E-state index is -0.108. The molecule has 1 aromatic carbocycles. The number of hydrogen-bond donors (Lipinski definition) is 0. The molecule has 1 fully saturated rings. The molecule has 1 aliphatic heterocycles. The van der Waals surface area contributed by atoms with E-state index in [1.54, 1.807) is 10.9 Å². The lowest BCUT2D eigenvalue weighted by molar-refractivity contribution is -0.133. The first-order chi connectivity index (χ1) is 13.5. The second-order valence-electron chi connectivity index (χ2n) is 7.30. The number of nitrogens with zero attached hydrogens (tertiary/aromatic N) is 4. The SMILES string of the molecule is Cc1cc(C)n(CC(=O)N2CCCC2c2ncc(Cc3ccc(Cl)cc3)o2)n1. The average Bonchev–Trinajstić information content (AvgIpc) is 3.37. The van der Waals surface area contributed by atoms with Crippen molar-refractivity contribution in [1.82, 2.24) is 19.7 Å². The van der Waals surface area contributed by atoms with Crippen LogP contribution in [0.3, 0.4) is 0 Å². The van der Waals surface area contributed by atoms with Crippen molar-refractivity contribution in [2.24, 2.45) is 0 Å². The Balaban J connectivity index is 1.46. The first-order valence-corrected chi connectivity index (χ1v) is 9.87. The number of carbonyl (C=O) groups is 1. The molecular weight excluding hydrogens is 376 g/mol. The molecule has 1 saturated heterocycles. The zero-order valence-electron chi connectivity index (χ0n) is 16.1. The van der Waals surface area contributed by atoms with Crippen molar-refractivity contribution in [2.75, 3.05) is 6.54 Å². The van der Waals surface area contributed by atoms with Crippen LogP contribution in [0.25, 0.3) is 0 Å². The zero-order chi connectivity index (χ0) is 19.7. The molecule has 1 aliphatic rings. The van der Waals surface area contributed by atoms with Crippen LogP contribution in [0.5, 0.6) is 0 Å². The Hall–Kier alpha value is -2.60. The summed E-state index contributed by atoms with van der Waals surface area (Å²) in [5.74, 6) is 1.45. The number of amides is 1. The minimum Gasteiger partial charge on any atom is -0.443 e. The van der Waals surface area contributed by atoms with Crippen molar-refractivity contribution in [3.8, 4) is 0 Å². The summed E-state index contributed by atoms with van der Waals surface area (Å²) < 4.78 is 7.76. The minimum absolute atomic E-state index is 0.0474. The average molecular weight is 399 g/mol. The number of halogens is 1. The van der Waals surface area contributed by atoms with Crippen LogP contribution in [0, 0.1) is 13.8 Å². The highest BCUT2D eigenvalue weighted by molar-refractivity contribution is 6.30. The maximum absolute atomic E-state index is 12.9. The molecule has 0 spiro atoms. The van der Waals surface area contributed by atoms with Crippen LogP contribution in [0.15, 0.2) is 40.9 Å². The number of rotatable bonds is 5. The number of aromatic nitrogens is 3. The largest absolute Gasteiger partial charge is 0.443 e. The van der Waals surface area contributed by atoms with E-state index in [4.69, 9.17) is 16.0 Å². The van der Waals surface area contributed by atoms with Gasteiger partial charge in [-0.05, 0) is 50.5 Å². The molecule has 6 nitrogen and oxygen atoms in total. The molecule has 0 radical (unpaired) electrons. The molecule has 1 atom stereocenters. The third kappa shape index (κ3) is 3.97. The molecule has 1 unspecified atom stereocenters. The van der Waals surface area contributed by atoms with Crippen LogP contribution in [0.2, 0.25) is 5.02 Å². The van der Waals surface area contributed by atoms with E-state index in [1.165, 1.54) is 0 Å². The van der Waals surface area contributed by atoms with Gasteiger partial charge in [-0.15, -0.1) is 0 Å². The summed E-state index contributed by atoms with van der Waals surface area (Å²) in [6.45, 7) is 4.86. The van der Waals surface area contributed by atoms with Gasteiger partial charge in [0.15, 0.2) is 0 Å². The van der Waals surface area contributed by atoms with Gasteiger partial charge in [-0.3, -0.25) is 9.48 Å². The second-order valence-corrected chi connectivity index (χ2v) is 7.73. The van der Waals surface area contributed by atoms with E-state index in [2.05, 4.69) is 10.1 Å². The Morgan fingerprint density at radius 3 is 2.79 bits per heavy atom. The summed E-state index contributed by atoms with van der Waals surface area (Å²) in [4.78, 5) is 19.2. The third-order valence-corrected chi connectivity index (χ3v) is 5.36. The first-order valence-electron chi connectivity index (χ1n) is 9.49. The number of aryl methyl sites for hydroxylation is 2. The van der Waals surface area contributed by atoms with Crippen LogP contribution in [0.4, 0.5) is 0 Å². The summed E-state index contributed by atoms with van der Waals surface area (Å²) in [6, 6.07) is 9.55. The van der Waals surface area contributed by atoms with Crippen molar-refractivity contribution in [3.63, 3.8) is 0 Å². The first kappa shape index (κ1) is 18.7. The molecule has 3 heterocycles. The second kappa shape index (κ2) is 7.80. The molecule has 28 heavy (non-hydrogen) atoms. The van der Waals surface area contributed by atoms with E-state index in [1.807, 2.05) is 49.1 Å². The maximum atomic E-state index is 12.9. The normalized spacial score (nSPS) is 16.7. The van der Waals surface area contributed by atoms with E-state index in [0.717, 1.165) is 42.1 Å². The molecule has 2 aromatic heterocycles. The Labute approximate surface area is 169 Å². The van der Waals surface area contributed by atoms with E-state index >= 15 is 0 Å². The molecule has 7 heteroatoms. The molecule has 4 rings (SSSR count). The standard InChI is InChI=1S/C21H23ClN4O2/c1-14-10-15(2)26(24-14)13-20(27)25-9-3-4-19(25)21-23-12-18(28-21)11-16-5-7-17(22)8-6-16/h5-8,10,12,19H,3-4,9,11,13H2,1-2H3. The highest BCUT2D eigenvalue weighted by atomic mass is 35.5. The van der Waals surface area contributed by atoms with Gasteiger partial charge in [-0.1, -0.05) is 23.7 Å². The van der Waals surface area contributed by atoms with E-state index in [9.17, 15) is 4.79 Å². The molecule has 3 aromatic rings. The summed E-state index contributed by atoms with van der Waals surface area (Å²) in [6.07, 6.45) is 4.22. The van der Waals surface area contributed by atoms with Gasteiger partial charge in [0.05, 0.1) is 11.9 Å². The highest BCUT2D eigenvalue weighted by Crippen LogP contribution is 2.32. The quantitative estimate of drug-likeness (QED) is 0.649. The molecule has 146 valence electrons. The topological polar surface area (TPSA) is 64.2 Å². The summed E-state index contributed by atoms with van der Waals surface area (Å²) >= 11 is 5.94. The van der Waals surface area contributed by atoms with Crippen LogP contribution in [-0.4, -0.2) is 32.1 Å². The fourth-order valence-electron chi connectivity index (χ4n) is 3.74. The number of oxazole rings is 1. The summed E-state index contributed by atoms with van der Waals surface area (Å²) in [5, 5.41) is 5.11. The van der Waals surface area contributed by atoms with Crippen molar-refractivity contribution < 1.29 is 9.21 Å². The summed E-state index contributed by atoms with van der Waals surface area (Å²) in [5.41, 5.74) is 3.02. The smallest absolute Gasteiger partial charge is 0.244 e. The van der Waals surface area contributed by atoms with Gasteiger partial charge < -0.3 is 9.32 Å². The predicted octanol–water partition coefficient (Wildman–Crippen LogP) is 4.10. The van der Waals surface area contributed by atoms with Gasteiger partial charge in [0.1, 0.15) is 18.3 Å². The molecule has 0 bridgehead atoms. The number of hydrogen-bond acceptors (Lipinski definition) is 4. The fourth-order valence-corrected chi connectivity index (χ4v) is 3.86. The lowest BCUT2D eigenvalue weighted by Crippen LogP contribution is -2.34. The highest BCUT2D eigenvalue weighted by Gasteiger charge is 2.33. The maximum Gasteiger partial charge on any atom is 0.244 e. The third-order valence-electron chi connectivity index (χ3n) is 5.11. The van der Waals surface area contributed by atoms with E-state index in [0.29, 0.717) is 17.3 Å². The van der Waals surface area contributed by atoms with Crippen LogP contribution < -0.4 is 0 Å². The Morgan fingerprint density at radius 1 is 1.29 bits per heavy atom. The number of carbonyl (C=O) groups excluding carboxylic acids is 1. The zero-order valence-corrected chi connectivity index (χ0v) is 16.8. The molecular formula is C21H23ClN4O2. The lowest BCUT2D eigenvalue weighted by atomic mass is 10.1. The summed E-state index contributed by atoms with van der Waals surface area (Å²) in [7, 11) is 0. The van der Waals surface area contributed by atoms with Gasteiger partial charge in [-0.2, -0.15) is 5.10 Å². The van der Waals surface area contributed by atoms with Crippen LogP contribution in [0.1, 0.15) is 47.5 Å². The number of benzene rings is 1. The molecule has 0 saturated carbocycles. The number of likely N-dealkylation sites (tertiary alicyclic amines) is 1. The van der Waals surface area contributed by atoms with Crippen LogP contribution in [-0.2, 0) is 17.8 Å². The Morgan fingerprint density at radius 2 is 2.07 bits per heavy atom. The van der Waals surface area contributed by atoms with Gasteiger partial charge in [0.25, 0.3) is 0 Å².